The Kier molecular flexibility index (Phi) is 6.19. The molecule has 4 aromatic rings. The Bertz CT molecular complexity index is 1410. The lowest BCUT2D eigenvalue weighted by Gasteiger charge is -2.18. The SMILES string of the molecule is O=C1COc2ccc(-c3csc(=NCc4ccccc4)n3N=Cc3ccccc3Br)cc2N1. The first-order valence-electron chi connectivity index (χ1n) is 10.3. The highest BCUT2D eigenvalue weighted by Gasteiger charge is 2.17. The van der Waals surface area contributed by atoms with E-state index in [4.69, 9.17) is 14.8 Å². The zero-order valence-corrected chi connectivity index (χ0v) is 19.8. The summed E-state index contributed by atoms with van der Waals surface area (Å²) in [5.41, 5.74) is 4.52. The summed E-state index contributed by atoms with van der Waals surface area (Å²) < 4.78 is 8.29. The number of hydrogen-bond acceptors (Lipinski definition) is 5. The Hall–Kier alpha value is -3.49. The molecule has 2 heterocycles. The molecule has 0 bridgehead atoms. The molecule has 5 rings (SSSR count). The van der Waals surface area contributed by atoms with Crippen LogP contribution < -0.4 is 14.9 Å². The lowest BCUT2D eigenvalue weighted by atomic mass is 10.1. The molecule has 3 aromatic carbocycles. The molecule has 0 unspecified atom stereocenters. The van der Waals surface area contributed by atoms with Crippen LogP contribution in [0, 0.1) is 0 Å². The number of nitrogens with zero attached hydrogens (tertiary/aromatic N) is 3. The van der Waals surface area contributed by atoms with Gasteiger partial charge in [-0.25, -0.2) is 4.68 Å². The zero-order valence-electron chi connectivity index (χ0n) is 17.4. The number of amides is 1. The minimum Gasteiger partial charge on any atom is -0.482 e. The maximum Gasteiger partial charge on any atom is 0.262 e. The Morgan fingerprint density at radius 2 is 1.91 bits per heavy atom. The largest absolute Gasteiger partial charge is 0.482 e. The van der Waals surface area contributed by atoms with Crippen LogP contribution in [0.1, 0.15) is 11.1 Å². The highest BCUT2D eigenvalue weighted by Crippen LogP contribution is 2.33. The van der Waals surface area contributed by atoms with Crippen molar-refractivity contribution in [2.45, 2.75) is 6.54 Å². The van der Waals surface area contributed by atoms with Gasteiger partial charge in [-0.15, -0.1) is 11.3 Å². The van der Waals surface area contributed by atoms with Crippen LogP contribution in [0.15, 0.2) is 92.7 Å². The molecule has 0 saturated heterocycles. The number of ether oxygens (including phenoxy) is 1. The Morgan fingerprint density at radius 3 is 2.76 bits per heavy atom. The quantitative estimate of drug-likeness (QED) is 0.364. The second-order valence-corrected chi connectivity index (χ2v) is 9.02. The molecule has 1 N–H and O–H groups in total. The first-order valence-corrected chi connectivity index (χ1v) is 12.0. The molecule has 0 spiro atoms. The predicted molar refractivity (Wildman–Crippen MR) is 135 cm³/mol. The van der Waals surface area contributed by atoms with E-state index in [1.54, 1.807) is 0 Å². The van der Waals surface area contributed by atoms with Crippen LogP contribution in [-0.4, -0.2) is 23.4 Å². The fourth-order valence-corrected chi connectivity index (χ4v) is 4.63. The van der Waals surface area contributed by atoms with Gasteiger partial charge in [0.15, 0.2) is 6.61 Å². The van der Waals surface area contributed by atoms with Gasteiger partial charge >= 0.3 is 0 Å². The van der Waals surface area contributed by atoms with Crippen molar-refractivity contribution in [2.75, 3.05) is 11.9 Å². The number of rotatable bonds is 5. The van der Waals surface area contributed by atoms with Gasteiger partial charge in [0.25, 0.3) is 5.91 Å². The van der Waals surface area contributed by atoms with Gasteiger partial charge in [0.1, 0.15) is 5.75 Å². The zero-order chi connectivity index (χ0) is 22.6. The topological polar surface area (TPSA) is 68.0 Å². The first-order chi connectivity index (χ1) is 16.2. The van der Waals surface area contributed by atoms with Gasteiger partial charge in [-0.3, -0.25) is 9.79 Å². The first kappa shape index (κ1) is 21.4. The van der Waals surface area contributed by atoms with Crippen molar-refractivity contribution in [2.24, 2.45) is 10.1 Å². The van der Waals surface area contributed by atoms with E-state index in [1.807, 2.05) is 76.9 Å². The number of carbonyl (C=O) groups excluding carboxylic acids is 1. The third-order valence-electron chi connectivity index (χ3n) is 5.05. The van der Waals surface area contributed by atoms with Crippen LogP contribution in [0.3, 0.4) is 0 Å². The molecular formula is C25H19BrN4O2S. The van der Waals surface area contributed by atoms with Crippen LogP contribution in [0.2, 0.25) is 0 Å². The third kappa shape index (κ3) is 4.81. The summed E-state index contributed by atoms with van der Waals surface area (Å²) in [6.07, 6.45) is 1.81. The molecule has 1 aliphatic rings. The van der Waals surface area contributed by atoms with Crippen LogP contribution in [0.5, 0.6) is 5.75 Å². The maximum atomic E-state index is 11.8. The number of hydrogen-bond donors (Lipinski definition) is 1. The number of benzene rings is 3. The lowest BCUT2D eigenvalue weighted by Crippen LogP contribution is -2.25. The number of aromatic nitrogens is 1. The fourth-order valence-electron chi connectivity index (χ4n) is 3.40. The number of fused-ring (bicyclic) bond motifs is 1. The van der Waals surface area contributed by atoms with E-state index in [2.05, 4.69) is 33.4 Å². The number of carbonyl (C=O) groups is 1. The Morgan fingerprint density at radius 1 is 1.09 bits per heavy atom. The molecule has 33 heavy (non-hydrogen) atoms. The lowest BCUT2D eigenvalue weighted by molar-refractivity contribution is -0.118. The fraction of sp³-hybridized carbons (Fsp3) is 0.0800. The van der Waals surface area contributed by atoms with E-state index in [1.165, 1.54) is 11.3 Å². The minimum atomic E-state index is -0.164. The Labute approximate surface area is 203 Å². The highest BCUT2D eigenvalue weighted by molar-refractivity contribution is 9.10. The van der Waals surface area contributed by atoms with Crippen molar-refractivity contribution in [1.82, 2.24) is 4.68 Å². The van der Waals surface area contributed by atoms with Crippen molar-refractivity contribution in [3.63, 3.8) is 0 Å². The summed E-state index contributed by atoms with van der Waals surface area (Å²) in [6.45, 7) is 0.586. The van der Waals surface area contributed by atoms with E-state index in [9.17, 15) is 4.79 Å². The summed E-state index contributed by atoms with van der Waals surface area (Å²) in [5.74, 6) is 0.495. The standard InChI is InChI=1S/C25H19BrN4O2S/c26-20-9-5-4-8-19(20)14-28-30-22(16-33-25(30)27-13-17-6-2-1-3-7-17)18-10-11-23-21(12-18)29-24(31)15-32-23/h1-12,14,16H,13,15H2,(H,29,31). The van der Waals surface area contributed by atoms with Crippen LogP contribution in [-0.2, 0) is 11.3 Å². The van der Waals surface area contributed by atoms with Crippen molar-refractivity contribution in [1.29, 1.82) is 0 Å². The maximum absolute atomic E-state index is 11.8. The van der Waals surface area contributed by atoms with Crippen LogP contribution in [0.4, 0.5) is 5.69 Å². The van der Waals surface area contributed by atoms with E-state index >= 15 is 0 Å². The van der Waals surface area contributed by atoms with E-state index in [0.29, 0.717) is 18.0 Å². The summed E-state index contributed by atoms with van der Waals surface area (Å²) in [6, 6.07) is 23.8. The molecule has 1 aromatic heterocycles. The van der Waals surface area contributed by atoms with Gasteiger partial charge in [0.2, 0.25) is 4.80 Å². The summed E-state index contributed by atoms with van der Waals surface area (Å²) >= 11 is 5.09. The van der Waals surface area contributed by atoms with Gasteiger partial charge in [-0.1, -0.05) is 64.5 Å². The smallest absolute Gasteiger partial charge is 0.262 e. The second-order valence-electron chi connectivity index (χ2n) is 7.33. The van der Waals surface area contributed by atoms with Gasteiger partial charge in [-0.05, 0) is 29.8 Å². The van der Waals surface area contributed by atoms with E-state index in [-0.39, 0.29) is 12.5 Å². The van der Waals surface area contributed by atoms with E-state index in [0.717, 1.165) is 31.7 Å². The predicted octanol–water partition coefficient (Wildman–Crippen LogP) is 5.29. The molecule has 1 amide bonds. The molecule has 0 fully saturated rings. The molecule has 8 heteroatoms. The molecule has 0 saturated carbocycles. The van der Waals surface area contributed by atoms with Crippen molar-refractivity contribution >= 4 is 45.1 Å². The number of thiazole rings is 1. The molecule has 0 aliphatic carbocycles. The second kappa shape index (κ2) is 9.56. The summed E-state index contributed by atoms with van der Waals surface area (Å²) in [5, 5.41) is 9.67. The molecule has 164 valence electrons. The summed E-state index contributed by atoms with van der Waals surface area (Å²) in [7, 11) is 0. The molecule has 0 radical (unpaired) electrons. The monoisotopic (exact) mass is 518 g/mol. The number of anilines is 1. The molecule has 6 nitrogen and oxygen atoms in total. The normalized spacial score (nSPS) is 13.6. The van der Waals surface area contributed by atoms with Crippen molar-refractivity contribution in [3.8, 4) is 17.0 Å². The molecule has 1 aliphatic heterocycles. The molecule has 0 atom stereocenters. The van der Waals surface area contributed by atoms with E-state index < -0.39 is 0 Å². The van der Waals surface area contributed by atoms with Crippen molar-refractivity contribution in [3.05, 3.63) is 98.6 Å². The van der Waals surface area contributed by atoms with Crippen molar-refractivity contribution < 1.29 is 9.53 Å². The van der Waals surface area contributed by atoms with Gasteiger partial charge < -0.3 is 10.1 Å². The highest BCUT2D eigenvalue weighted by atomic mass is 79.9. The molecular weight excluding hydrogens is 500 g/mol. The average molecular weight is 519 g/mol. The minimum absolute atomic E-state index is 0.0313. The van der Waals surface area contributed by atoms with Crippen LogP contribution >= 0.6 is 27.3 Å². The Balaban J connectivity index is 1.58. The average Bonchev–Trinajstić information content (AvgIpc) is 3.25. The third-order valence-corrected chi connectivity index (χ3v) is 6.63. The van der Waals surface area contributed by atoms with Gasteiger partial charge in [-0.2, -0.15) is 5.10 Å². The van der Waals surface area contributed by atoms with Gasteiger partial charge in [0.05, 0.1) is 24.1 Å². The van der Waals surface area contributed by atoms with Gasteiger partial charge in [0, 0.05) is 21.0 Å². The summed E-state index contributed by atoms with van der Waals surface area (Å²) in [4.78, 5) is 17.4. The number of halogens is 1. The van der Waals surface area contributed by atoms with Crippen LogP contribution in [0.25, 0.3) is 11.3 Å². The number of nitrogens with one attached hydrogen (secondary N) is 1.